The summed E-state index contributed by atoms with van der Waals surface area (Å²) >= 11 is 0. The van der Waals surface area contributed by atoms with Gasteiger partial charge in [-0.15, -0.1) is 0 Å². The van der Waals surface area contributed by atoms with E-state index in [1.54, 1.807) is 0 Å². The molecule has 0 amide bonds. The second-order valence-electron chi connectivity index (χ2n) is 14.3. The first-order chi connectivity index (χ1) is 27.8. The van der Waals surface area contributed by atoms with E-state index in [9.17, 15) is 26.3 Å². The molecule has 290 valence electrons. The molecule has 0 aliphatic rings. The first kappa shape index (κ1) is 38.2. The van der Waals surface area contributed by atoms with Gasteiger partial charge in [0.05, 0.1) is 33.3 Å². The normalized spacial score (nSPS) is 11.9. The lowest BCUT2D eigenvalue weighted by Gasteiger charge is -2.21. The van der Waals surface area contributed by atoms with E-state index in [4.69, 9.17) is 0 Å². The lowest BCUT2D eigenvalue weighted by Crippen LogP contribution is -2.35. The Kier molecular flexibility index (Phi) is 10.1. The summed E-state index contributed by atoms with van der Waals surface area (Å²) in [4.78, 5) is 3.80. The van der Waals surface area contributed by atoms with Crippen LogP contribution in [0.25, 0.3) is 32.9 Å². The van der Waals surface area contributed by atoms with Crippen molar-refractivity contribution in [3.8, 4) is 11.1 Å². The third-order valence-corrected chi connectivity index (χ3v) is 10.6. The maximum Gasteiger partial charge on any atom is 0.416 e. The molecule has 8 rings (SSSR count). The number of hydrogen-bond donors (Lipinski definition) is 0. The van der Waals surface area contributed by atoms with Crippen LogP contribution in [-0.4, -0.2) is 14.1 Å². The highest BCUT2D eigenvalue weighted by atomic mass is 19.4. The van der Waals surface area contributed by atoms with Gasteiger partial charge in [0.1, 0.15) is 0 Å². The molecule has 0 bridgehead atoms. The molecule has 6 aromatic carbocycles. The van der Waals surface area contributed by atoms with Crippen LogP contribution in [-0.2, 0) is 25.4 Å². The average molecular weight is 785 g/mol. The third-order valence-electron chi connectivity index (χ3n) is 10.6. The molecular weight excluding hydrogens is 747 g/mol. The monoisotopic (exact) mass is 784 g/mol. The molecule has 0 aliphatic heterocycles. The fraction of sp³-hybridized carbons (Fsp3) is 0.125. The Labute approximate surface area is 332 Å². The number of fused-ring (bicyclic) bond motifs is 2. The summed E-state index contributed by atoms with van der Waals surface area (Å²) in [5.74, 6) is 0. The van der Waals surface area contributed by atoms with E-state index in [0.717, 1.165) is 79.7 Å². The summed E-state index contributed by atoms with van der Waals surface area (Å²) in [5.41, 5.74) is 8.17. The largest absolute Gasteiger partial charge is 0.416 e. The van der Waals surface area contributed by atoms with Gasteiger partial charge in [-0.05, 0) is 71.8 Å². The van der Waals surface area contributed by atoms with Gasteiger partial charge in [0.2, 0.25) is 11.0 Å². The zero-order valence-electron chi connectivity index (χ0n) is 31.6. The number of benzene rings is 6. The summed E-state index contributed by atoms with van der Waals surface area (Å²) in [5, 5.41) is 1.97. The zero-order valence-corrected chi connectivity index (χ0v) is 31.6. The minimum absolute atomic E-state index is 0.633. The molecule has 0 fully saturated rings. The topological polar surface area (TPSA) is 14.2 Å². The Morgan fingerprint density at radius 1 is 0.414 bits per heavy atom. The summed E-state index contributed by atoms with van der Waals surface area (Å²) < 4.78 is 83.3. The smallest absolute Gasteiger partial charge is 0.344 e. The summed E-state index contributed by atoms with van der Waals surface area (Å²) in [6.45, 7) is 1.27. The minimum atomic E-state index is -4.39. The molecule has 0 saturated heterocycles. The molecule has 0 radical (unpaired) electrons. The van der Waals surface area contributed by atoms with Crippen molar-refractivity contribution in [3.63, 3.8) is 0 Å². The summed E-state index contributed by atoms with van der Waals surface area (Å²) in [7, 11) is 3.71. The number of aromatic nitrogens is 2. The third kappa shape index (κ3) is 7.82. The van der Waals surface area contributed by atoms with Crippen LogP contribution in [0.5, 0.6) is 0 Å². The molecule has 2 heterocycles. The minimum Gasteiger partial charge on any atom is -0.344 e. The molecule has 0 N–H and O–H groups in total. The van der Waals surface area contributed by atoms with Gasteiger partial charge in [-0.3, -0.25) is 0 Å². The quantitative estimate of drug-likeness (QED) is 0.107. The number of pyridine rings is 2. The van der Waals surface area contributed by atoms with Crippen molar-refractivity contribution in [1.82, 2.24) is 0 Å². The first-order valence-electron chi connectivity index (χ1n) is 18.7. The number of halogens is 6. The molecule has 10 heteroatoms. The van der Waals surface area contributed by atoms with Gasteiger partial charge in [0.25, 0.3) is 0 Å². The van der Waals surface area contributed by atoms with Crippen LogP contribution < -0.4 is 18.9 Å². The zero-order chi connectivity index (χ0) is 40.6. The fourth-order valence-electron chi connectivity index (χ4n) is 7.43. The van der Waals surface area contributed by atoms with Gasteiger partial charge in [-0.1, -0.05) is 72.8 Å². The molecule has 4 nitrogen and oxygen atoms in total. The number of rotatable bonds is 9. The fourth-order valence-corrected chi connectivity index (χ4v) is 7.43. The number of alkyl halides is 6. The standard InChI is InChI=1S/C48H38F6N4/c1-55(39-23-19-37(20-24-39)47(49,50)51)43-27-29-57(45-9-5-3-7-41(43)45)31-33-11-15-35(16-12-33)36-17-13-34(14-18-36)32-58-30-28-44(42-8-4-6-10-46(42)58)56(2)40-25-21-38(22-26-40)48(52,53)54/h3-30H,31-32H2,1-2H3/q+2. The average Bonchev–Trinajstić information content (AvgIpc) is 3.23. The van der Waals surface area contributed by atoms with Crippen molar-refractivity contribution in [3.05, 3.63) is 192 Å². The highest BCUT2D eigenvalue weighted by molar-refractivity contribution is 5.92. The predicted molar refractivity (Wildman–Crippen MR) is 217 cm³/mol. The van der Waals surface area contributed by atoms with Crippen LogP contribution in [0.15, 0.2) is 170 Å². The van der Waals surface area contributed by atoms with E-state index < -0.39 is 23.5 Å². The van der Waals surface area contributed by atoms with E-state index in [2.05, 4.69) is 57.7 Å². The molecule has 0 spiro atoms. The van der Waals surface area contributed by atoms with Crippen molar-refractivity contribution in [2.24, 2.45) is 0 Å². The number of hydrogen-bond acceptors (Lipinski definition) is 2. The summed E-state index contributed by atoms with van der Waals surface area (Å²) in [6.07, 6.45) is -4.75. The first-order valence-corrected chi connectivity index (χ1v) is 18.7. The highest BCUT2D eigenvalue weighted by Crippen LogP contribution is 2.35. The lowest BCUT2D eigenvalue weighted by molar-refractivity contribution is -0.662. The van der Waals surface area contributed by atoms with E-state index >= 15 is 0 Å². The molecule has 0 aliphatic carbocycles. The molecule has 58 heavy (non-hydrogen) atoms. The van der Waals surface area contributed by atoms with Gasteiger partial charge in [0, 0.05) is 60.9 Å². The Hall–Kier alpha value is -6.68. The van der Waals surface area contributed by atoms with Gasteiger partial charge in [-0.2, -0.15) is 35.5 Å². The molecule has 0 unspecified atom stereocenters. The van der Waals surface area contributed by atoms with Crippen molar-refractivity contribution in [2.45, 2.75) is 25.4 Å². The van der Waals surface area contributed by atoms with Gasteiger partial charge in [0.15, 0.2) is 25.5 Å². The van der Waals surface area contributed by atoms with Crippen LogP contribution in [0.1, 0.15) is 22.3 Å². The Morgan fingerprint density at radius 3 is 1.10 bits per heavy atom. The van der Waals surface area contributed by atoms with Crippen LogP contribution in [0.4, 0.5) is 49.1 Å². The Balaban J connectivity index is 0.965. The lowest BCUT2D eigenvalue weighted by atomic mass is 10.0. The van der Waals surface area contributed by atoms with Crippen LogP contribution >= 0.6 is 0 Å². The Morgan fingerprint density at radius 2 is 0.759 bits per heavy atom. The van der Waals surface area contributed by atoms with E-state index in [1.807, 2.05) is 97.0 Å². The second kappa shape index (κ2) is 15.3. The van der Waals surface area contributed by atoms with Crippen molar-refractivity contribution in [2.75, 3.05) is 23.9 Å². The molecular formula is C48H38F6N4+2. The van der Waals surface area contributed by atoms with E-state index in [1.165, 1.54) is 24.3 Å². The second-order valence-corrected chi connectivity index (χ2v) is 14.3. The van der Waals surface area contributed by atoms with Gasteiger partial charge >= 0.3 is 12.4 Å². The highest BCUT2D eigenvalue weighted by Gasteiger charge is 2.31. The Bertz CT molecular complexity index is 2520. The maximum absolute atomic E-state index is 13.2. The van der Waals surface area contributed by atoms with Crippen LogP contribution in [0.3, 0.4) is 0 Å². The van der Waals surface area contributed by atoms with Crippen LogP contribution in [0, 0.1) is 0 Å². The molecule has 0 saturated carbocycles. The molecule has 8 aromatic rings. The molecule has 0 atom stereocenters. The van der Waals surface area contributed by atoms with Gasteiger partial charge < -0.3 is 9.80 Å². The van der Waals surface area contributed by atoms with E-state index in [0.29, 0.717) is 24.5 Å². The van der Waals surface area contributed by atoms with E-state index in [-0.39, 0.29) is 0 Å². The van der Waals surface area contributed by atoms with Crippen molar-refractivity contribution >= 4 is 44.6 Å². The van der Waals surface area contributed by atoms with Crippen molar-refractivity contribution in [1.29, 1.82) is 0 Å². The predicted octanol–water partition coefficient (Wildman–Crippen LogP) is 11.9. The summed E-state index contributed by atoms with van der Waals surface area (Å²) in [6, 6.07) is 47.4. The number of nitrogens with zero attached hydrogens (tertiary/aromatic N) is 4. The van der Waals surface area contributed by atoms with Crippen molar-refractivity contribution < 1.29 is 35.5 Å². The SMILES string of the molecule is CN(c1ccc(C(F)(F)F)cc1)c1cc[n+](Cc2ccc(-c3ccc(C[n+]4ccc(N(C)c5ccc(C(F)(F)F)cc5)c5ccccc54)cc3)cc2)c2ccccc12. The maximum atomic E-state index is 13.2. The number of para-hydroxylation sites is 2. The van der Waals surface area contributed by atoms with Crippen LogP contribution in [0.2, 0.25) is 0 Å². The molecule has 2 aromatic heterocycles. The number of anilines is 4. The van der Waals surface area contributed by atoms with Gasteiger partial charge in [-0.25, -0.2) is 0 Å².